The molecule has 0 saturated carbocycles. The van der Waals surface area contributed by atoms with Gasteiger partial charge in [0.2, 0.25) is 0 Å². The second kappa shape index (κ2) is 15.0. The summed E-state index contributed by atoms with van der Waals surface area (Å²) in [4.78, 5) is 4.95. The number of rotatable bonds is 1. The number of methoxy groups -OCH3 is 1. The van der Waals surface area contributed by atoms with Crippen LogP contribution in [0.5, 0.6) is 0 Å². The molecule has 1 aromatic rings. The molecule has 1 aliphatic rings. The minimum absolute atomic E-state index is 0.0196. The van der Waals surface area contributed by atoms with Crippen LogP contribution in [-0.2, 0) is 9.57 Å². The van der Waals surface area contributed by atoms with E-state index in [1.165, 1.54) is 6.07 Å². The third-order valence-electron chi connectivity index (χ3n) is 2.01. The molecule has 1 N–H and O–H groups in total. The van der Waals surface area contributed by atoms with Crippen LogP contribution in [-0.4, -0.2) is 28.0 Å². The van der Waals surface area contributed by atoms with Crippen molar-refractivity contribution in [2.75, 3.05) is 28.0 Å². The van der Waals surface area contributed by atoms with Crippen molar-refractivity contribution in [2.45, 2.75) is 26.3 Å². The molecule has 3 nitrogen and oxygen atoms in total. The molecule has 1 saturated heterocycles. The smallest absolute Gasteiger partial charge is 0.128 e. The monoisotopic (exact) mass is 277 g/mol. The minimum atomic E-state index is -0.166. The van der Waals surface area contributed by atoms with E-state index in [1.54, 1.807) is 26.4 Å². The highest BCUT2D eigenvalue weighted by atomic mass is 19.1. The molecule has 0 radical (unpaired) electrons. The van der Waals surface area contributed by atoms with Crippen LogP contribution in [0, 0.1) is 5.82 Å². The van der Waals surface area contributed by atoms with Gasteiger partial charge in [-0.25, -0.2) is 4.39 Å². The highest BCUT2D eigenvalue weighted by Gasteiger charge is 2.19. The molecule has 0 amide bonds. The molecule has 1 atom stereocenters. The average molecular weight is 277 g/mol. The lowest BCUT2D eigenvalue weighted by Gasteiger charge is -2.08. The first kappa shape index (κ1) is 20.3. The number of alkyl halides is 1. The van der Waals surface area contributed by atoms with Gasteiger partial charge in [-0.2, -0.15) is 5.48 Å². The number of hydrogen-bond acceptors (Lipinski definition) is 3. The Morgan fingerprint density at radius 1 is 1.21 bits per heavy atom. The largest absolute Gasteiger partial charge is 0.388 e. The highest BCUT2D eigenvalue weighted by Crippen LogP contribution is 2.22. The number of benzene rings is 1. The van der Waals surface area contributed by atoms with E-state index in [9.17, 15) is 8.78 Å². The molecular weight excluding hydrogens is 252 g/mol. The Bertz CT molecular complexity index is 293. The topological polar surface area (TPSA) is 30.5 Å². The Morgan fingerprint density at radius 3 is 2.16 bits per heavy atom. The molecule has 1 heterocycles. The van der Waals surface area contributed by atoms with Gasteiger partial charge in [-0.1, -0.05) is 32.0 Å². The third kappa shape index (κ3) is 8.64. The molecule has 1 fully saturated rings. The van der Waals surface area contributed by atoms with Gasteiger partial charge in [-0.3, -0.25) is 4.39 Å². The molecule has 1 unspecified atom stereocenters. The molecule has 5 heteroatoms. The average Bonchev–Trinajstić information content (AvgIpc) is 2.99. The van der Waals surface area contributed by atoms with Gasteiger partial charge < -0.3 is 9.57 Å². The number of ether oxygens (including phenoxy) is 1. The Kier molecular flexibility index (Phi) is 16.0. The molecule has 0 aromatic heterocycles. The van der Waals surface area contributed by atoms with E-state index in [-0.39, 0.29) is 11.9 Å². The maximum absolute atomic E-state index is 13.1. The van der Waals surface area contributed by atoms with Crippen LogP contribution in [0.4, 0.5) is 8.78 Å². The van der Waals surface area contributed by atoms with Crippen LogP contribution in [0.1, 0.15) is 31.9 Å². The summed E-state index contributed by atoms with van der Waals surface area (Å²) in [7, 11) is 3.75. The minimum Gasteiger partial charge on any atom is -0.388 e. The quantitative estimate of drug-likeness (QED) is 0.849. The van der Waals surface area contributed by atoms with Crippen LogP contribution in [0.2, 0.25) is 0 Å². The summed E-state index contributed by atoms with van der Waals surface area (Å²) in [5.41, 5.74) is 3.46. The van der Waals surface area contributed by atoms with E-state index in [0.29, 0.717) is 19.3 Å². The van der Waals surface area contributed by atoms with Crippen molar-refractivity contribution in [1.82, 2.24) is 5.48 Å². The summed E-state index contributed by atoms with van der Waals surface area (Å²) in [6.07, 6.45) is 0.834. The normalized spacial score (nSPS) is 16.1. The van der Waals surface area contributed by atoms with Gasteiger partial charge >= 0.3 is 0 Å². The van der Waals surface area contributed by atoms with Gasteiger partial charge in [-0.15, -0.1) is 0 Å². The lowest BCUT2D eigenvalue weighted by atomic mass is 10.1. The van der Waals surface area contributed by atoms with Crippen LogP contribution >= 0.6 is 0 Å². The van der Waals surface area contributed by atoms with E-state index in [1.807, 2.05) is 19.9 Å². The zero-order chi connectivity index (χ0) is 15.1. The lowest BCUT2D eigenvalue weighted by Crippen LogP contribution is -2.12. The van der Waals surface area contributed by atoms with Crippen molar-refractivity contribution in [3.8, 4) is 0 Å². The van der Waals surface area contributed by atoms with Crippen LogP contribution in [0.3, 0.4) is 0 Å². The van der Waals surface area contributed by atoms with Crippen molar-refractivity contribution < 1.29 is 18.4 Å². The van der Waals surface area contributed by atoms with E-state index in [4.69, 9.17) is 4.84 Å². The fourth-order valence-electron chi connectivity index (χ4n) is 1.37. The molecule has 0 spiro atoms. The summed E-state index contributed by atoms with van der Waals surface area (Å²) in [6, 6.07) is 6.79. The van der Waals surface area contributed by atoms with Gasteiger partial charge in [0, 0.05) is 19.8 Å². The fraction of sp³-hybridized carbons (Fsp3) is 0.571. The summed E-state index contributed by atoms with van der Waals surface area (Å²) in [5.74, 6) is -0.166. The van der Waals surface area contributed by atoms with Crippen molar-refractivity contribution in [3.05, 3.63) is 35.6 Å². The van der Waals surface area contributed by atoms with Gasteiger partial charge in [-0.05, 0) is 12.5 Å². The Hall–Kier alpha value is -1.04. The van der Waals surface area contributed by atoms with Gasteiger partial charge in [0.15, 0.2) is 0 Å². The second-order valence-electron chi connectivity index (χ2n) is 3.24. The van der Waals surface area contributed by atoms with Gasteiger partial charge in [0.25, 0.3) is 0 Å². The predicted octanol–water partition coefficient (Wildman–Crippen LogP) is 3.67. The second-order valence-corrected chi connectivity index (χ2v) is 3.24. The van der Waals surface area contributed by atoms with Crippen LogP contribution < -0.4 is 5.48 Å². The fourth-order valence-corrected chi connectivity index (χ4v) is 1.37. The summed E-state index contributed by atoms with van der Waals surface area (Å²) in [5, 5.41) is 0. The highest BCUT2D eigenvalue weighted by molar-refractivity contribution is 5.21. The summed E-state index contributed by atoms with van der Waals surface area (Å²) in [6.45, 7) is 4.65. The first-order valence-electron chi connectivity index (χ1n) is 6.19. The predicted molar refractivity (Wildman–Crippen MR) is 74.2 cm³/mol. The van der Waals surface area contributed by atoms with E-state index in [2.05, 4.69) is 10.2 Å². The molecule has 19 heavy (non-hydrogen) atoms. The number of hydrogen-bond donors (Lipinski definition) is 1. The van der Waals surface area contributed by atoms with Crippen molar-refractivity contribution >= 4 is 0 Å². The molecule has 2 rings (SSSR count). The molecular formula is C14H25F2NO2. The molecule has 0 bridgehead atoms. The van der Waals surface area contributed by atoms with Gasteiger partial charge in [0.05, 0.1) is 19.8 Å². The van der Waals surface area contributed by atoms with E-state index >= 15 is 0 Å². The van der Waals surface area contributed by atoms with Crippen molar-refractivity contribution in [1.29, 1.82) is 0 Å². The summed E-state index contributed by atoms with van der Waals surface area (Å²) >= 11 is 0. The standard InChI is InChI=1S/C9H10FNO.C2H6O.C2H6.CH3F/c10-8-4-2-1-3-7(8)9-5-6-12-11-9;1-3-2;2*1-2/h1-4,9,11H,5-6H2;1-2H3;1-2H3;1H3. The Labute approximate surface area is 114 Å². The maximum Gasteiger partial charge on any atom is 0.128 e. The Balaban J connectivity index is 0. The van der Waals surface area contributed by atoms with E-state index in [0.717, 1.165) is 6.42 Å². The van der Waals surface area contributed by atoms with Crippen LogP contribution in [0.15, 0.2) is 24.3 Å². The number of halogens is 2. The number of nitrogens with one attached hydrogen (secondary N) is 1. The first-order valence-corrected chi connectivity index (χ1v) is 6.19. The molecule has 0 aliphatic carbocycles. The SMILES string of the molecule is CC.CF.COC.Fc1ccccc1C1CCON1. The molecule has 1 aliphatic heterocycles. The van der Waals surface area contributed by atoms with Gasteiger partial charge in [0.1, 0.15) is 5.82 Å². The van der Waals surface area contributed by atoms with Crippen molar-refractivity contribution in [2.24, 2.45) is 0 Å². The van der Waals surface area contributed by atoms with E-state index < -0.39 is 0 Å². The summed E-state index contributed by atoms with van der Waals surface area (Å²) < 4.78 is 26.9. The maximum atomic E-state index is 13.1. The zero-order valence-electron chi connectivity index (χ0n) is 12.4. The molecule has 112 valence electrons. The number of hydroxylamine groups is 1. The van der Waals surface area contributed by atoms with Crippen molar-refractivity contribution in [3.63, 3.8) is 0 Å². The zero-order valence-corrected chi connectivity index (χ0v) is 12.4. The first-order chi connectivity index (χ1) is 9.29. The lowest BCUT2D eigenvalue weighted by molar-refractivity contribution is 0.0877. The third-order valence-corrected chi connectivity index (χ3v) is 2.01. The Morgan fingerprint density at radius 2 is 1.74 bits per heavy atom. The van der Waals surface area contributed by atoms with Crippen LogP contribution in [0.25, 0.3) is 0 Å². The molecule has 1 aromatic carbocycles.